The number of hydrogen-bond donors (Lipinski definition) is 0. The smallest absolute Gasteiger partial charge is 0.255 e. The third kappa shape index (κ3) is 2.52. The summed E-state index contributed by atoms with van der Waals surface area (Å²) in [5, 5.41) is 7.98. The van der Waals surface area contributed by atoms with Crippen molar-refractivity contribution in [3.8, 4) is 11.1 Å². The largest absolute Gasteiger partial charge is 0.275 e. The number of hydrogen-bond acceptors (Lipinski definition) is 4. The fraction of sp³-hybridized carbons (Fsp3) is 0. The number of halogens is 4. The molecule has 0 aliphatic carbocycles. The summed E-state index contributed by atoms with van der Waals surface area (Å²) >= 11 is 23.9. The summed E-state index contributed by atoms with van der Waals surface area (Å²) in [4.78, 5) is 15.5. The highest BCUT2D eigenvalue weighted by Gasteiger charge is 2.18. The van der Waals surface area contributed by atoms with Gasteiger partial charge in [-0.3, -0.25) is 9.78 Å². The van der Waals surface area contributed by atoms with Gasteiger partial charge in [0, 0.05) is 17.3 Å². The molecule has 0 N–H and O–H groups in total. The van der Waals surface area contributed by atoms with Crippen LogP contribution in [-0.4, -0.2) is 20.4 Å². The third-order valence-electron chi connectivity index (χ3n) is 3.04. The first-order valence-corrected chi connectivity index (χ1v) is 7.46. The van der Waals surface area contributed by atoms with E-state index in [1.54, 1.807) is 18.2 Å². The molecule has 0 amide bonds. The Bertz CT molecular complexity index is 914. The van der Waals surface area contributed by atoms with Gasteiger partial charge < -0.3 is 0 Å². The van der Waals surface area contributed by atoms with Crippen molar-refractivity contribution in [3.63, 3.8) is 0 Å². The maximum Gasteiger partial charge on any atom is 0.255 e. The molecule has 110 valence electrons. The molecule has 0 aliphatic rings. The van der Waals surface area contributed by atoms with Crippen molar-refractivity contribution in [2.75, 3.05) is 0 Å². The van der Waals surface area contributed by atoms with E-state index in [1.165, 1.54) is 12.4 Å². The Kier molecular flexibility index (Phi) is 4.19. The molecule has 2 heterocycles. The second kappa shape index (κ2) is 5.97. The molecule has 0 saturated heterocycles. The molecule has 22 heavy (non-hydrogen) atoms. The first-order valence-electron chi connectivity index (χ1n) is 5.95. The number of carbonyl (C=O) groups is 1. The van der Waals surface area contributed by atoms with Crippen LogP contribution < -0.4 is 0 Å². The van der Waals surface area contributed by atoms with Crippen molar-refractivity contribution < 1.29 is 4.79 Å². The number of carbonyl (C=O) groups excluding carboxylic acids is 1. The van der Waals surface area contributed by atoms with Crippen molar-refractivity contribution in [2.24, 2.45) is 0 Å². The summed E-state index contributed by atoms with van der Waals surface area (Å²) in [7, 11) is 0. The van der Waals surface area contributed by atoms with E-state index in [0.717, 1.165) is 0 Å². The lowest BCUT2D eigenvalue weighted by Crippen LogP contribution is -1.98. The quantitative estimate of drug-likeness (QED) is 0.592. The molecule has 4 nitrogen and oxygen atoms in total. The van der Waals surface area contributed by atoms with Crippen molar-refractivity contribution in [3.05, 3.63) is 51.2 Å². The van der Waals surface area contributed by atoms with E-state index in [9.17, 15) is 4.79 Å². The highest BCUT2D eigenvalue weighted by atomic mass is 35.5. The van der Waals surface area contributed by atoms with Gasteiger partial charge in [0.05, 0.1) is 26.8 Å². The van der Waals surface area contributed by atoms with Crippen molar-refractivity contribution in [1.82, 2.24) is 15.2 Å². The van der Waals surface area contributed by atoms with Crippen LogP contribution in [0.2, 0.25) is 15.1 Å². The second-order valence-electron chi connectivity index (χ2n) is 4.32. The SMILES string of the molecule is O=C(Cl)c1cnc2c(-c3cccc(Cl)c3Cl)cnnc2c1Cl. The number of aromatic nitrogens is 3. The van der Waals surface area contributed by atoms with Crippen molar-refractivity contribution in [1.29, 1.82) is 0 Å². The fourth-order valence-corrected chi connectivity index (χ4v) is 2.87. The van der Waals surface area contributed by atoms with Crippen LogP contribution in [0, 0.1) is 0 Å². The molecule has 8 heteroatoms. The van der Waals surface area contributed by atoms with Gasteiger partial charge in [-0.25, -0.2) is 0 Å². The van der Waals surface area contributed by atoms with E-state index in [1.807, 2.05) is 0 Å². The molecule has 0 atom stereocenters. The minimum Gasteiger partial charge on any atom is -0.275 e. The van der Waals surface area contributed by atoms with Gasteiger partial charge in [0.25, 0.3) is 5.24 Å². The highest BCUT2D eigenvalue weighted by Crippen LogP contribution is 2.37. The van der Waals surface area contributed by atoms with Gasteiger partial charge in [0.15, 0.2) is 0 Å². The predicted octanol–water partition coefficient (Wildman–Crippen LogP) is 5.03. The van der Waals surface area contributed by atoms with E-state index < -0.39 is 5.24 Å². The Morgan fingerprint density at radius 2 is 1.73 bits per heavy atom. The van der Waals surface area contributed by atoms with Crippen molar-refractivity contribution in [2.45, 2.75) is 0 Å². The molecule has 3 rings (SSSR count). The zero-order valence-electron chi connectivity index (χ0n) is 10.6. The Morgan fingerprint density at radius 3 is 2.45 bits per heavy atom. The minimum atomic E-state index is -0.715. The average Bonchev–Trinajstić information content (AvgIpc) is 2.50. The third-order valence-corrected chi connectivity index (χ3v) is 4.45. The predicted molar refractivity (Wildman–Crippen MR) is 88.0 cm³/mol. The molecular formula is C14H5Cl4N3O. The number of benzene rings is 1. The van der Waals surface area contributed by atoms with Gasteiger partial charge in [-0.05, 0) is 17.7 Å². The lowest BCUT2D eigenvalue weighted by molar-refractivity contribution is 0.108. The van der Waals surface area contributed by atoms with E-state index >= 15 is 0 Å². The Balaban J connectivity index is 2.35. The second-order valence-corrected chi connectivity index (χ2v) is 5.82. The lowest BCUT2D eigenvalue weighted by Gasteiger charge is -2.09. The van der Waals surface area contributed by atoms with Crippen molar-refractivity contribution >= 4 is 62.7 Å². The van der Waals surface area contributed by atoms with E-state index in [4.69, 9.17) is 46.4 Å². The van der Waals surface area contributed by atoms with Crippen LogP contribution in [0.4, 0.5) is 0 Å². The fourth-order valence-electron chi connectivity index (χ4n) is 2.02. The van der Waals surface area contributed by atoms with Gasteiger partial charge in [-0.15, -0.1) is 5.10 Å². The number of nitrogens with zero attached hydrogens (tertiary/aromatic N) is 3. The molecule has 3 aromatic rings. The zero-order chi connectivity index (χ0) is 15.9. The summed E-state index contributed by atoms with van der Waals surface area (Å²) in [5.41, 5.74) is 2.03. The van der Waals surface area contributed by atoms with Crippen LogP contribution in [0.5, 0.6) is 0 Å². The molecule has 0 fully saturated rings. The summed E-state index contributed by atoms with van der Waals surface area (Å²) < 4.78 is 0. The molecule has 1 aromatic carbocycles. The Labute approximate surface area is 145 Å². The number of pyridine rings is 1. The van der Waals surface area contributed by atoms with Crippen LogP contribution in [-0.2, 0) is 0 Å². The molecule has 0 radical (unpaired) electrons. The first kappa shape index (κ1) is 15.4. The molecule has 0 bridgehead atoms. The van der Waals surface area contributed by atoms with Gasteiger partial charge in [-0.2, -0.15) is 5.10 Å². The lowest BCUT2D eigenvalue weighted by atomic mass is 10.1. The molecular weight excluding hydrogens is 368 g/mol. The maximum absolute atomic E-state index is 11.3. The molecule has 0 unspecified atom stereocenters. The first-order chi connectivity index (χ1) is 10.5. The van der Waals surface area contributed by atoms with Crippen LogP contribution in [0.1, 0.15) is 10.4 Å². The average molecular weight is 373 g/mol. The molecule has 0 saturated carbocycles. The standard InChI is InChI=1S/C14H5Cl4N3O/c15-9-3-1-2-6(10(9)16)7-5-20-21-13-11(17)8(14(18)22)4-19-12(7)13/h1-5H. The Morgan fingerprint density at radius 1 is 0.955 bits per heavy atom. The van der Waals surface area contributed by atoms with Gasteiger partial charge in [0.1, 0.15) is 11.0 Å². The van der Waals surface area contributed by atoms with Crippen LogP contribution >= 0.6 is 46.4 Å². The summed E-state index contributed by atoms with van der Waals surface area (Å²) in [5.74, 6) is 0. The van der Waals surface area contributed by atoms with E-state index in [-0.39, 0.29) is 16.1 Å². The Hall–Kier alpha value is -1.46. The summed E-state index contributed by atoms with van der Waals surface area (Å²) in [6.07, 6.45) is 2.80. The number of rotatable bonds is 2. The van der Waals surface area contributed by atoms with E-state index in [0.29, 0.717) is 26.7 Å². The van der Waals surface area contributed by atoms with Crippen LogP contribution in [0.3, 0.4) is 0 Å². The zero-order valence-corrected chi connectivity index (χ0v) is 13.7. The summed E-state index contributed by atoms with van der Waals surface area (Å²) in [6.45, 7) is 0. The van der Waals surface area contributed by atoms with Gasteiger partial charge >= 0.3 is 0 Å². The molecule has 0 aliphatic heterocycles. The van der Waals surface area contributed by atoms with Gasteiger partial charge in [0.2, 0.25) is 0 Å². The van der Waals surface area contributed by atoms with Gasteiger partial charge in [-0.1, -0.05) is 46.9 Å². The molecule has 0 spiro atoms. The van der Waals surface area contributed by atoms with E-state index in [2.05, 4.69) is 15.2 Å². The highest BCUT2D eigenvalue weighted by molar-refractivity contribution is 6.69. The molecule has 2 aromatic heterocycles. The minimum absolute atomic E-state index is 0.0690. The topological polar surface area (TPSA) is 55.7 Å². The normalized spacial score (nSPS) is 10.9. The maximum atomic E-state index is 11.3. The number of fused-ring (bicyclic) bond motifs is 1. The van der Waals surface area contributed by atoms with Crippen LogP contribution in [0.25, 0.3) is 22.2 Å². The van der Waals surface area contributed by atoms with Crippen LogP contribution in [0.15, 0.2) is 30.6 Å². The summed E-state index contributed by atoms with van der Waals surface area (Å²) in [6, 6.07) is 5.21. The monoisotopic (exact) mass is 371 g/mol.